The third-order valence-electron chi connectivity index (χ3n) is 4.98. The lowest BCUT2D eigenvalue weighted by molar-refractivity contribution is 0.228. The molecular weight excluding hydrogens is 343 g/mol. The lowest BCUT2D eigenvalue weighted by Gasteiger charge is -2.22. The van der Waals surface area contributed by atoms with E-state index < -0.39 is 0 Å². The predicted octanol–water partition coefficient (Wildman–Crippen LogP) is 3.81. The van der Waals surface area contributed by atoms with Gasteiger partial charge in [0.25, 0.3) is 0 Å². The Kier molecular flexibility index (Phi) is 7.48. The molecule has 1 fully saturated rings. The molecule has 1 aliphatic heterocycles. The van der Waals surface area contributed by atoms with Gasteiger partial charge in [0.2, 0.25) is 0 Å². The monoisotopic (exact) mass is 372 g/mol. The molecule has 0 N–H and O–H groups in total. The normalized spacial score (nSPS) is 16.1. The molecule has 2 aromatic rings. The van der Waals surface area contributed by atoms with E-state index in [1.807, 2.05) is 36.4 Å². The second-order valence-corrected chi connectivity index (χ2v) is 6.94. The van der Waals surface area contributed by atoms with Gasteiger partial charge in [-0.3, -0.25) is 4.90 Å². The van der Waals surface area contributed by atoms with Crippen molar-refractivity contribution in [2.75, 3.05) is 46.4 Å². The first kappa shape index (κ1) is 19.6. The SMILES string of the molecule is COc1ccc(OCCCN2CCCN(Cc3ccccc3F)CC2)cc1. The second-order valence-electron chi connectivity index (χ2n) is 6.94. The van der Waals surface area contributed by atoms with Crippen LogP contribution in [0, 0.1) is 5.82 Å². The summed E-state index contributed by atoms with van der Waals surface area (Å²) in [5.41, 5.74) is 0.791. The zero-order valence-electron chi connectivity index (χ0n) is 16.1. The van der Waals surface area contributed by atoms with Crippen LogP contribution < -0.4 is 9.47 Å². The summed E-state index contributed by atoms with van der Waals surface area (Å²) in [7, 11) is 1.66. The van der Waals surface area contributed by atoms with Crippen LogP contribution >= 0.6 is 0 Å². The fourth-order valence-corrected chi connectivity index (χ4v) is 3.42. The molecule has 1 aliphatic rings. The van der Waals surface area contributed by atoms with Crippen molar-refractivity contribution in [3.8, 4) is 11.5 Å². The number of rotatable bonds is 8. The fraction of sp³-hybridized carbons (Fsp3) is 0.455. The minimum atomic E-state index is -0.103. The summed E-state index contributed by atoms with van der Waals surface area (Å²) in [4.78, 5) is 4.84. The molecule has 0 radical (unpaired) electrons. The molecule has 0 saturated carbocycles. The number of hydrogen-bond acceptors (Lipinski definition) is 4. The lowest BCUT2D eigenvalue weighted by atomic mass is 10.2. The molecule has 3 rings (SSSR count). The van der Waals surface area contributed by atoms with Crippen LogP contribution in [0.5, 0.6) is 11.5 Å². The maximum absolute atomic E-state index is 13.9. The van der Waals surface area contributed by atoms with E-state index in [0.717, 1.165) is 62.6 Å². The van der Waals surface area contributed by atoms with Gasteiger partial charge in [-0.15, -0.1) is 0 Å². The van der Waals surface area contributed by atoms with E-state index in [1.165, 1.54) is 0 Å². The van der Waals surface area contributed by atoms with Crippen LogP contribution in [0.2, 0.25) is 0 Å². The number of halogens is 1. The Morgan fingerprint density at radius 3 is 2.37 bits per heavy atom. The lowest BCUT2D eigenvalue weighted by Crippen LogP contribution is -2.31. The van der Waals surface area contributed by atoms with Crippen LogP contribution in [0.25, 0.3) is 0 Å². The first-order valence-electron chi connectivity index (χ1n) is 9.69. The van der Waals surface area contributed by atoms with E-state index in [2.05, 4.69) is 9.80 Å². The van der Waals surface area contributed by atoms with Gasteiger partial charge in [0.1, 0.15) is 17.3 Å². The first-order valence-corrected chi connectivity index (χ1v) is 9.69. The van der Waals surface area contributed by atoms with E-state index in [-0.39, 0.29) is 5.82 Å². The molecule has 0 unspecified atom stereocenters. The Balaban J connectivity index is 1.36. The Bertz CT molecular complexity index is 693. The van der Waals surface area contributed by atoms with Gasteiger partial charge < -0.3 is 14.4 Å². The molecule has 0 bridgehead atoms. The molecule has 0 atom stereocenters. The molecule has 0 aliphatic carbocycles. The quantitative estimate of drug-likeness (QED) is 0.658. The Hall–Kier alpha value is -2.11. The van der Waals surface area contributed by atoms with E-state index in [9.17, 15) is 4.39 Å². The third kappa shape index (κ3) is 6.22. The van der Waals surface area contributed by atoms with Crippen molar-refractivity contribution in [2.45, 2.75) is 19.4 Å². The Labute approximate surface area is 161 Å². The topological polar surface area (TPSA) is 24.9 Å². The summed E-state index contributed by atoms with van der Waals surface area (Å²) in [6, 6.07) is 14.8. The van der Waals surface area contributed by atoms with Gasteiger partial charge in [0.15, 0.2) is 0 Å². The molecule has 2 aromatic carbocycles. The maximum atomic E-state index is 13.9. The fourth-order valence-electron chi connectivity index (χ4n) is 3.42. The number of hydrogen-bond donors (Lipinski definition) is 0. The molecular formula is C22H29FN2O2. The van der Waals surface area contributed by atoms with E-state index in [1.54, 1.807) is 19.2 Å². The van der Waals surface area contributed by atoms with Gasteiger partial charge >= 0.3 is 0 Å². The average Bonchev–Trinajstić information content (AvgIpc) is 2.93. The number of benzene rings is 2. The van der Waals surface area contributed by atoms with E-state index in [4.69, 9.17) is 9.47 Å². The van der Waals surface area contributed by atoms with Crippen molar-refractivity contribution in [2.24, 2.45) is 0 Å². The van der Waals surface area contributed by atoms with Gasteiger partial charge in [-0.05, 0) is 56.3 Å². The summed E-state index contributed by atoms with van der Waals surface area (Å²) in [6.07, 6.45) is 2.12. The largest absolute Gasteiger partial charge is 0.497 e. The average molecular weight is 372 g/mol. The van der Waals surface area contributed by atoms with Crippen molar-refractivity contribution >= 4 is 0 Å². The van der Waals surface area contributed by atoms with Gasteiger partial charge in [0.05, 0.1) is 13.7 Å². The highest BCUT2D eigenvalue weighted by atomic mass is 19.1. The summed E-state index contributed by atoms with van der Waals surface area (Å²) in [5, 5.41) is 0. The minimum absolute atomic E-state index is 0.103. The highest BCUT2D eigenvalue weighted by Crippen LogP contribution is 2.17. The smallest absolute Gasteiger partial charge is 0.127 e. The number of methoxy groups -OCH3 is 1. The summed E-state index contributed by atoms with van der Waals surface area (Å²) >= 11 is 0. The van der Waals surface area contributed by atoms with Crippen LogP contribution in [0.3, 0.4) is 0 Å². The highest BCUT2D eigenvalue weighted by molar-refractivity contribution is 5.31. The Morgan fingerprint density at radius 2 is 1.59 bits per heavy atom. The molecule has 5 heteroatoms. The van der Waals surface area contributed by atoms with Crippen LogP contribution in [0.1, 0.15) is 18.4 Å². The molecule has 0 spiro atoms. The third-order valence-corrected chi connectivity index (χ3v) is 4.98. The molecule has 1 heterocycles. The number of ether oxygens (including phenoxy) is 2. The molecule has 0 aromatic heterocycles. The molecule has 0 amide bonds. The Morgan fingerprint density at radius 1 is 0.889 bits per heavy atom. The zero-order valence-corrected chi connectivity index (χ0v) is 16.1. The van der Waals surface area contributed by atoms with Gasteiger partial charge in [-0.1, -0.05) is 18.2 Å². The van der Waals surface area contributed by atoms with E-state index in [0.29, 0.717) is 13.2 Å². The van der Waals surface area contributed by atoms with Gasteiger partial charge in [-0.2, -0.15) is 0 Å². The van der Waals surface area contributed by atoms with Crippen LogP contribution in [0.15, 0.2) is 48.5 Å². The first-order chi connectivity index (χ1) is 13.2. The maximum Gasteiger partial charge on any atom is 0.127 e. The van der Waals surface area contributed by atoms with Gasteiger partial charge in [-0.25, -0.2) is 4.39 Å². The predicted molar refractivity (Wildman–Crippen MR) is 106 cm³/mol. The van der Waals surface area contributed by atoms with Crippen molar-refractivity contribution in [1.82, 2.24) is 9.80 Å². The van der Waals surface area contributed by atoms with Crippen molar-refractivity contribution < 1.29 is 13.9 Å². The molecule has 146 valence electrons. The van der Waals surface area contributed by atoms with E-state index >= 15 is 0 Å². The van der Waals surface area contributed by atoms with Crippen molar-refractivity contribution in [3.05, 3.63) is 59.9 Å². The summed E-state index contributed by atoms with van der Waals surface area (Å²) < 4.78 is 24.8. The molecule has 4 nitrogen and oxygen atoms in total. The second kappa shape index (κ2) is 10.3. The minimum Gasteiger partial charge on any atom is -0.497 e. The zero-order chi connectivity index (χ0) is 18.9. The molecule has 27 heavy (non-hydrogen) atoms. The summed E-state index contributed by atoms with van der Waals surface area (Å²) in [6.45, 7) is 6.56. The van der Waals surface area contributed by atoms with Gasteiger partial charge in [0, 0.05) is 31.7 Å². The van der Waals surface area contributed by atoms with Crippen LogP contribution in [0.4, 0.5) is 4.39 Å². The highest BCUT2D eigenvalue weighted by Gasteiger charge is 2.15. The standard InChI is InChI=1S/C22H29FN2O2/c1-26-20-8-10-21(11-9-20)27-17-5-14-24-12-4-13-25(16-15-24)18-19-6-2-3-7-22(19)23/h2-3,6-11H,4-5,12-18H2,1H3. The van der Waals surface area contributed by atoms with Crippen LogP contribution in [-0.4, -0.2) is 56.2 Å². The molecule has 1 saturated heterocycles. The van der Waals surface area contributed by atoms with Crippen molar-refractivity contribution in [3.63, 3.8) is 0 Å². The van der Waals surface area contributed by atoms with Crippen LogP contribution in [-0.2, 0) is 6.54 Å². The summed E-state index contributed by atoms with van der Waals surface area (Å²) in [5.74, 6) is 1.61. The number of nitrogens with zero attached hydrogens (tertiary/aromatic N) is 2. The van der Waals surface area contributed by atoms with Crippen molar-refractivity contribution in [1.29, 1.82) is 0 Å².